The molecule has 1 unspecified atom stereocenters. The standard InChI is InChI=1S/C17H24ClF2NO/c1-16(2,3)13-7-5-12(6-8-13)14(9-18)21-15(22)17(4,10-19)11-20/h5-8,14H,9-11H2,1-4H3,(H,21,22). The number of carbonyl (C=O) groups is 1. The lowest BCUT2D eigenvalue weighted by Gasteiger charge is -2.26. The molecule has 0 heterocycles. The summed E-state index contributed by atoms with van der Waals surface area (Å²) in [5, 5.41) is 2.63. The van der Waals surface area contributed by atoms with Crippen LogP contribution in [-0.4, -0.2) is 25.1 Å². The van der Waals surface area contributed by atoms with E-state index >= 15 is 0 Å². The molecule has 124 valence electrons. The third kappa shape index (κ3) is 4.42. The molecule has 0 aliphatic rings. The molecular weight excluding hydrogens is 308 g/mol. The highest BCUT2D eigenvalue weighted by Crippen LogP contribution is 2.25. The Bertz CT molecular complexity index is 492. The molecule has 0 fully saturated rings. The van der Waals surface area contributed by atoms with Crippen LogP contribution in [0.2, 0.25) is 0 Å². The molecular formula is C17H24ClF2NO. The second kappa shape index (κ2) is 7.40. The molecule has 0 saturated heterocycles. The summed E-state index contributed by atoms with van der Waals surface area (Å²) in [4.78, 5) is 12.0. The Morgan fingerprint density at radius 2 is 1.64 bits per heavy atom. The lowest BCUT2D eigenvalue weighted by Crippen LogP contribution is -2.44. The number of alkyl halides is 3. The van der Waals surface area contributed by atoms with Crippen molar-refractivity contribution in [2.24, 2.45) is 5.41 Å². The van der Waals surface area contributed by atoms with Gasteiger partial charge in [-0.2, -0.15) is 0 Å². The van der Waals surface area contributed by atoms with E-state index in [1.165, 1.54) is 6.92 Å². The number of hydrogen-bond donors (Lipinski definition) is 1. The normalized spacial score (nSPS) is 13.8. The van der Waals surface area contributed by atoms with Gasteiger partial charge in [0.25, 0.3) is 0 Å². The van der Waals surface area contributed by atoms with Crippen LogP contribution < -0.4 is 5.32 Å². The molecule has 0 spiro atoms. The van der Waals surface area contributed by atoms with Crippen LogP contribution in [0.25, 0.3) is 0 Å². The van der Waals surface area contributed by atoms with Gasteiger partial charge in [0.2, 0.25) is 5.91 Å². The summed E-state index contributed by atoms with van der Waals surface area (Å²) < 4.78 is 25.8. The second-order valence-corrected chi connectivity index (χ2v) is 7.19. The quantitative estimate of drug-likeness (QED) is 0.772. The predicted octanol–water partition coefficient (Wildman–Crippen LogP) is 4.33. The van der Waals surface area contributed by atoms with Crippen molar-refractivity contribution in [2.45, 2.75) is 39.2 Å². The zero-order valence-corrected chi connectivity index (χ0v) is 14.3. The van der Waals surface area contributed by atoms with Gasteiger partial charge >= 0.3 is 0 Å². The number of rotatable bonds is 6. The first kappa shape index (κ1) is 18.9. The first-order valence-corrected chi connectivity index (χ1v) is 7.80. The zero-order valence-electron chi connectivity index (χ0n) is 13.6. The topological polar surface area (TPSA) is 29.1 Å². The molecule has 0 bridgehead atoms. The van der Waals surface area contributed by atoms with Gasteiger partial charge in [-0.25, -0.2) is 8.78 Å². The maximum atomic E-state index is 12.9. The molecule has 1 aromatic rings. The molecule has 22 heavy (non-hydrogen) atoms. The molecule has 1 atom stereocenters. The van der Waals surface area contributed by atoms with E-state index in [9.17, 15) is 13.6 Å². The third-order valence-corrected chi connectivity index (χ3v) is 4.09. The molecule has 1 N–H and O–H groups in total. The van der Waals surface area contributed by atoms with Crippen molar-refractivity contribution in [2.75, 3.05) is 19.2 Å². The molecule has 0 saturated carbocycles. The van der Waals surface area contributed by atoms with E-state index in [2.05, 4.69) is 26.1 Å². The summed E-state index contributed by atoms with van der Waals surface area (Å²) in [5.74, 6) is -0.530. The third-order valence-electron chi connectivity index (χ3n) is 3.78. The Kier molecular flexibility index (Phi) is 6.36. The average molecular weight is 332 g/mol. The van der Waals surface area contributed by atoms with E-state index in [1.807, 2.05) is 24.3 Å². The molecule has 2 nitrogen and oxygen atoms in total. The van der Waals surface area contributed by atoms with E-state index in [4.69, 9.17) is 11.6 Å². The summed E-state index contributed by atoms with van der Waals surface area (Å²) in [6.45, 7) is 5.49. The number of hydrogen-bond acceptors (Lipinski definition) is 1. The minimum absolute atomic E-state index is 0.0270. The molecule has 0 aliphatic carbocycles. The van der Waals surface area contributed by atoms with Gasteiger partial charge in [0.1, 0.15) is 18.8 Å². The van der Waals surface area contributed by atoms with Crippen LogP contribution in [-0.2, 0) is 10.2 Å². The molecule has 1 aromatic carbocycles. The van der Waals surface area contributed by atoms with E-state index in [-0.39, 0.29) is 11.3 Å². The first-order chi connectivity index (χ1) is 10.2. The summed E-state index contributed by atoms with van der Waals surface area (Å²) in [7, 11) is 0. The summed E-state index contributed by atoms with van der Waals surface area (Å²) in [6.07, 6.45) is 0. The highest BCUT2D eigenvalue weighted by Gasteiger charge is 2.35. The maximum absolute atomic E-state index is 12.9. The van der Waals surface area contributed by atoms with Gasteiger partial charge in [0, 0.05) is 5.88 Å². The molecule has 0 aliphatic heterocycles. The molecule has 5 heteroatoms. The van der Waals surface area contributed by atoms with Gasteiger partial charge in [-0.1, -0.05) is 45.0 Å². The van der Waals surface area contributed by atoms with Crippen molar-refractivity contribution in [3.63, 3.8) is 0 Å². The number of carbonyl (C=O) groups excluding carboxylic acids is 1. The average Bonchev–Trinajstić information content (AvgIpc) is 2.50. The molecule has 1 amide bonds. The minimum Gasteiger partial charge on any atom is -0.347 e. The van der Waals surface area contributed by atoms with Crippen LogP contribution in [0.4, 0.5) is 8.78 Å². The smallest absolute Gasteiger partial charge is 0.231 e. The number of benzene rings is 1. The van der Waals surface area contributed by atoms with Crippen LogP contribution in [0.15, 0.2) is 24.3 Å². The Balaban J connectivity index is 2.91. The lowest BCUT2D eigenvalue weighted by molar-refractivity contribution is -0.132. The van der Waals surface area contributed by atoms with Crippen molar-refractivity contribution < 1.29 is 13.6 Å². The highest BCUT2D eigenvalue weighted by atomic mass is 35.5. The van der Waals surface area contributed by atoms with Crippen LogP contribution in [0.5, 0.6) is 0 Å². The zero-order chi connectivity index (χ0) is 17.0. The Morgan fingerprint density at radius 1 is 1.14 bits per heavy atom. The molecule has 0 aromatic heterocycles. The number of nitrogens with one attached hydrogen (secondary N) is 1. The Labute approximate surface area is 136 Å². The van der Waals surface area contributed by atoms with Crippen molar-refractivity contribution in [1.29, 1.82) is 0 Å². The van der Waals surface area contributed by atoms with Crippen molar-refractivity contribution in [3.05, 3.63) is 35.4 Å². The lowest BCUT2D eigenvalue weighted by atomic mass is 9.86. The first-order valence-electron chi connectivity index (χ1n) is 7.27. The van der Waals surface area contributed by atoms with Crippen LogP contribution in [0, 0.1) is 5.41 Å². The van der Waals surface area contributed by atoms with Crippen molar-refractivity contribution in [3.8, 4) is 0 Å². The molecule has 1 rings (SSSR count). The van der Waals surface area contributed by atoms with E-state index in [1.54, 1.807) is 0 Å². The highest BCUT2D eigenvalue weighted by molar-refractivity contribution is 6.18. The van der Waals surface area contributed by atoms with Gasteiger partial charge in [0.05, 0.1) is 6.04 Å². The molecule has 0 radical (unpaired) electrons. The number of halogens is 3. The van der Waals surface area contributed by atoms with Crippen molar-refractivity contribution >= 4 is 17.5 Å². The van der Waals surface area contributed by atoms with Crippen LogP contribution in [0.3, 0.4) is 0 Å². The van der Waals surface area contributed by atoms with Gasteiger partial charge in [0.15, 0.2) is 0 Å². The van der Waals surface area contributed by atoms with Gasteiger partial charge < -0.3 is 5.32 Å². The van der Waals surface area contributed by atoms with Gasteiger partial charge in [-0.15, -0.1) is 11.6 Å². The largest absolute Gasteiger partial charge is 0.347 e. The van der Waals surface area contributed by atoms with Gasteiger partial charge in [-0.3, -0.25) is 4.79 Å². The summed E-state index contributed by atoms with van der Waals surface area (Å²) in [5.41, 5.74) is 0.347. The number of amides is 1. The predicted molar refractivity (Wildman–Crippen MR) is 86.8 cm³/mol. The van der Waals surface area contributed by atoms with E-state index in [0.29, 0.717) is 0 Å². The maximum Gasteiger partial charge on any atom is 0.231 e. The fourth-order valence-corrected chi connectivity index (χ4v) is 2.17. The Hall–Kier alpha value is -1.16. The van der Waals surface area contributed by atoms with Crippen molar-refractivity contribution in [1.82, 2.24) is 5.32 Å². The minimum atomic E-state index is -1.66. The SMILES string of the molecule is CC(CF)(CF)C(=O)NC(CCl)c1ccc(C(C)(C)C)cc1. The van der Waals surface area contributed by atoms with Crippen LogP contribution in [0.1, 0.15) is 44.9 Å². The monoisotopic (exact) mass is 331 g/mol. The van der Waals surface area contributed by atoms with Gasteiger partial charge in [-0.05, 0) is 23.5 Å². The second-order valence-electron chi connectivity index (χ2n) is 6.88. The summed E-state index contributed by atoms with van der Waals surface area (Å²) in [6, 6.07) is 7.25. The van der Waals surface area contributed by atoms with Crippen LogP contribution >= 0.6 is 11.6 Å². The fourth-order valence-electron chi connectivity index (χ4n) is 1.92. The fraction of sp³-hybridized carbons (Fsp3) is 0.588. The van der Waals surface area contributed by atoms with E-state index < -0.39 is 30.7 Å². The van der Waals surface area contributed by atoms with E-state index in [0.717, 1.165) is 11.1 Å². The summed E-state index contributed by atoms with van der Waals surface area (Å²) >= 11 is 5.91. The Morgan fingerprint density at radius 3 is 2.00 bits per heavy atom.